The van der Waals surface area contributed by atoms with Crippen molar-refractivity contribution in [1.82, 2.24) is 0 Å². The topological polar surface area (TPSA) is 40.1 Å². The van der Waals surface area contributed by atoms with Crippen LogP contribution in [0, 0.1) is 5.41 Å². The van der Waals surface area contributed by atoms with Crippen molar-refractivity contribution in [2.75, 3.05) is 0 Å². The summed E-state index contributed by atoms with van der Waals surface area (Å²) in [5.74, 6) is -1.05. The van der Waals surface area contributed by atoms with Crippen LogP contribution in [0.25, 0.3) is 0 Å². The Bertz CT molecular complexity index is 115. The minimum Gasteiger partial charge on any atom is -0.549 e. The lowest BCUT2D eigenvalue weighted by molar-refractivity contribution is -0.306. The molecule has 0 radical (unpaired) electrons. The quantitative estimate of drug-likeness (QED) is 0.571. The van der Waals surface area contributed by atoms with E-state index in [1.54, 1.807) is 0 Å². The van der Waals surface area contributed by atoms with Crippen molar-refractivity contribution in [1.29, 1.82) is 0 Å². The van der Waals surface area contributed by atoms with E-state index in [1.165, 1.54) is 0 Å². The van der Waals surface area contributed by atoms with Crippen molar-refractivity contribution in [3.8, 4) is 0 Å². The van der Waals surface area contributed by atoms with Crippen LogP contribution in [0.3, 0.4) is 0 Å². The van der Waals surface area contributed by atoms with E-state index < -0.39 is 10.8 Å². The Morgan fingerprint density at radius 3 is 1.89 bits per heavy atom. The lowest BCUT2D eigenvalue weighted by atomic mass is 9.92. The standard InChI is InChI=1S/C6H11BrO2/c1-6(2,3)4(7)5(8)9/h4H,1-3H3,(H,8,9)/p-1. The van der Waals surface area contributed by atoms with Gasteiger partial charge in [-0.3, -0.25) is 0 Å². The molecule has 0 aromatic heterocycles. The smallest absolute Gasteiger partial charge is 0.0589 e. The van der Waals surface area contributed by atoms with Gasteiger partial charge < -0.3 is 9.90 Å². The first-order valence-electron chi connectivity index (χ1n) is 2.70. The van der Waals surface area contributed by atoms with E-state index in [9.17, 15) is 9.90 Å². The Labute approximate surface area is 63.4 Å². The largest absolute Gasteiger partial charge is 0.549 e. The van der Waals surface area contributed by atoms with Gasteiger partial charge in [-0.15, -0.1) is 0 Å². The molecule has 0 fully saturated rings. The van der Waals surface area contributed by atoms with Gasteiger partial charge in [0, 0.05) is 0 Å². The normalized spacial score (nSPS) is 15.1. The third-order valence-corrected chi connectivity index (χ3v) is 2.71. The molecule has 54 valence electrons. The summed E-state index contributed by atoms with van der Waals surface area (Å²) in [5.41, 5.74) is -0.265. The summed E-state index contributed by atoms with van der Waals surface area (Å²) in [6.45, 7) is 5.51. The molecule has 0 spiro atoms. The molecule has 0 heterocycles. The monoisotopic (exact) mass is 193 g/mol. The number of rotatable bonds is 1. The van der Waals surface area contributed by atoms with Crippen molar-refractivity contribution >= 4 is 21.9 Å². The van der Waals surface area contributed by atoms with Crippen molar-refractivity contribution in [3.63, 3.8) is 0 Å². The number of carboxylic acids is 1. The van der Waals surface area contributed by atoms with Gasteiger partial charge in [0.15, 0.2) is 0 Å². The number of halogens is 1. The molecule has 0 aromatic rings. The molecule has 3 heteroatoms. The van der Waals surface area contributed by atoms with Crippen LogP contribution in [0.2, 0.25) is 0 Å². The maximum atomic E-state index is 10.2. The zero-order valence-electron chi connectivity index (χ0n) is 5.77. The molecule has 0 rings (SSSR count). The molecule has 0 saturated heterocycles. The third-order valence-electron chi connectivity index (χ3n) is 0.967. The second-order valence-electron chi connectivity index (χ2n) is 3.05. The van der Waals surface area contributed by atoms with Crippen LogP contribution < -0.4 is 5.11 Å². The summed E-state index contributed by atoms with van der Waals surface area (Å²) < 4.78 is 0. The lowest BCUT2D eigenvalue weighted by Gasteiger charge is -2.25. The Kier molecular flexibility index (Phi) is 2.67. The van der Waals surface area contributed by atoms with E-state index in [4.69, 9.17) is 0 Å². The van der Waals surface area contributed by atoms with Crippen LogP contribution >= 0.6 is 15.9 Å². The molecule has 9 heavy (non-hydrogen) atoms. The predicted molar refractivity (Wildman–Crippen MR) is 37.2 cm³/mol. The molecule has 0 aliphatic rings. The molecule has 0 aliphatic heterocycles. The number of hydrogen-bond donors (Lipinski definition) is 0. The highest BCUT2D eigenvalue weighted by Crippen LogP contribution is 2.24. The van der Waals surface area contributed by atoms with Gasteiger partial charge in [0.2, 0.25) is 0 Å². The first kappa shape index (κ1) is 8.95. The molecule has 2 nitrogen and oxygen atoms in total. The van der Waals surface area contributed by atoms with Gasteiger partial charge in [0.1, 0.15) is 0 Å². The molecule has 0 bridgehead atoms. The van der Waals surface area contributed by atoms with Gasteiger partial charge in [0.05, 0.1) is 10.8 Å². The summed E-state index contributed by atoms with van der Waals surface area (Å²) in [6.07, 6.45) is 0. The molecule has 0 amide bonds. The molecule has 0 aromatic carbocycles. The van der Waals surface area contributed by atoms with Crippen LogP contribution in [-0.2, 0) is 4.79 Å². The van der Waals surface area contributed by atoms with E-state index in [-0.39, 0.29) is 5.41 Å². The molecule has 0 aliphatic carbocycles. The Hall–Kier alpha value is -0.0500. The average molecular weight is 194 g/mol. The number of carbonyl (C=O) groups is 1. The fourth-order valence-electron chi connectivity index (χ4n) is 0.354. The average Bonchev–Trinajstić information content (AvgIpc) is 1.62. The number of hydrogen-bond acceptors (Lipinski definition) is 2. The van der Waals surface area contributed by atoms with Crippen molar-refractivity contribution in [2.45, 2.75) is 25.6 Å². The minimum absolute atomic E-state index is 0.265. The molecule has 0 saturated carbocycles. The predicted octanol–water partition coefficient (Wildman–Crippen LogP) is 0.546. The van der Waals surface area contributed by atoms with Crippen molar-refractivity contribution in [2.24, 2.45) is 5.41 Å². The van der Waals surface area contributed by atoms with Gasteiger partial charge in [-0.25, -0.2) is 0 Å². The fraction of sp³-hybridized carbons (Fsp3) is 0.833. The van der Waals surface area contributed by atoms with Crippen LogP contribution in [0.1, 0.15) is 20.8 Å². The highest BCUT2D eigenvalue weighted by atomic mass is 79.9. The van der Waals surface area contributed by atoms with Crippen LogP contribution in [-0.4, -0.2) is 10.8 Å². The third kappa shape index (κ3) is 2.84. The lowest BCUT2D eigenvalue weighted by Crippen LogP contribution is -2.39. The second kappa shape index (κ2) is 2.69. The molecule has 1 atom stereocenters. The number of aliphatic carboxylic acids is 1. The van der Waals surface area contributed by atoms with Gasteiger partial charge >= 0.3 is 0 Å². The second-order valence-corrected chi connectivity index (χ2v) is 3.96. The van der Waals surface area contributed by atoms with E-state index >= 15 is 0 Å². The Balaban J connectivity index is 4.04. The van der Waals surface area contributed by atoms with Crippen LogP contribution in [0.4, 0.5) is 0 Å². The highest BCUT2D eigenvalue weighted by Gasteiger charge is 2.22. The number of carboxylic acid groups (broad SMARTS) is 1. The highest BCUT2D eigenvalue weighted by molar-refractivity contribution is 9.10. The van der Waals surface area contributed by atoms with E-state index in [1.807, 2.05) is 20.8 Å². The fourth-order valence-corrected chi connectivity index (χ4v) is 0.354. The maximum absolute atomic E-state index is 10.2. The van der Waals surface area contributed by atoms with E-state index in [0.717, 1.165) is 0 Å². The first-order chi connectivity index (χ1) is 3.85. The zero-order valence-corrected chi connectivity index (χ0v) is 7.36. The number of alkyl halides is 1. The van der Waals surface area contributed by atoms with Crippen molar-refractivity contribution < 1.29 is 9.90 Å². The molecular weight excluding hydrogens is 184 g/mol. The molecular formula is C6H10BrO2-. The molecule has 0 N–H and O–H groups in total. The molecule has 1 unspecified atom stereocenters. The van der Waals surface area contributed by atoms with Gasteiger partial charge in [-0.2, -0.15) is 0 Å². The van der Waals surface area contributed by atoms with Crippen LogP contribution in [0.5, 0.6) is 0 Å². The van der Waals surface area contributed by atoms with Crippen molar-refractivity contribution in [3.05, 3.63) is 0 Å². The van der Waals surface area contributed by atoms with E-state index in [2.05, 4.69) is 15.9 Å². The SMILES string of the molecule is CC(C)(C)C(Br)C(=O)[O-]. The number of carbonyl (C=O) groups excluding carboxylic acids is 1. The summed E-state index contributed by atoms with van der Waals surface area (Å²) in [4.78, 5) is 9.62. The maximum Gasteiger partial charge on any atom is 0.0589 e. The zero-order chi connectivity index (χ0) is 7.65. The minimum atomic E-state index is -1.05. The summed E-state index contributed by atoms with van der Waals surface area (Å²) in [6, 6.07) is 0. The van der Waals surface area contributed by atoms with Crippen LogP contribution in [0.15, 0.2) is 0 Å². The Morgan fingerprint density at radius 2 is 1.89 bits per heavy atom. The summed E-state index contributed by atoms with van der Waals surface area (Å²) in [7, 11) is 0. The van der Waals surface area contributed by atoms with Gasteiger partial charge in [0.25, 0.3) is 0 Å². The van der Waals surface area contributed by atoms with Gasteiger partial charge in [-0.1, -0.05) is 36.7 Å². The summed E-state index contributed by atoms with van der Waals surface area (Å²) in [5, 5.41) is 10.2. The Morgan fingerprint density at radius 1 is 1.56 bits per heavy atom. The first-order valence-corrected chi connectivity index (χ1v) is 3.62. The van der Waals surface area contributed by atoms with Gasteiger partial charge in [-0.05, 0) is 5.41 Å². The summed E-state index contributed by atoms with van der Waals surface area (Å²) >= 11 is 3.00. The van der Waals surface area contributed by atoms with E-state index in [0.29, 0.717) is 0 Å².